The van der Waals surface area contributed by atoms with Crippen molar-refractivity contribution in [2.45, 2.75) is 25.2 Å². The molecular formula is C16H17N5O4S2. The molecule has 0 spiro atoms. The van der Waals surface area contributed by atoms with Crippen LogP contribution in [0.25, 0.3) is 11.4 Å². The monoisotopic (exact) mass is 407 g/mol. The molecule has 3 rings (SSSR count). The molecule has 0 saturated carbocycles. The predicted octanol–water partition coefficient (Wildman–Crippen LogP) is 1.98. The van der Waals surface area contributed by atoms with E-state index in [2.05, 4.69) is 25.2 Å². The molecule has 0 fully saturated rings. The first-order chi connectivity index (χ1) is 12.9. The van der Waals surface area contributed by atoms with Crippen LogP contribution in [0.5, 0.6) is 0 Å². The summed E-state index contributed by atoms with van der Waals surface area (Å²) in [5.41, 5.74) is 1.04. The van der Waals surface area contributed by atoms with Gasteiger partial charge in [0.25, 0.3) is 0 Å². The number of rotatable bonds is 7. The van der Waals surface area contributed by atoms with Gasteiger partial charge in [-0.05, 0) is 18.6 Å². The van der Waals surface area contributed by atoms with Crippen LogP contribution in [-0.2, 0) is 21.2 Å². The normalized spacial score (nSPS) is 11.5. The highest BCUT2D eigenvalue weighted by molar-refractivity contribution is 7.89. The average Bonchev–Trinajstić information content (AvgIpc) is 3.32. The summed E-state index contributed by atoms with van der Waals surface area (Å²) in [4.78, 5) is 20.1. The Balaban J connectivity index is 1.77. The topological polar surface area (TPSA) is 127 Å². The molecular weight excluding hydrogens is 390 g/mol. The van der Waals surface area contributed by atoms with Crippen LogP contribution >= 0.6 is 11.3 Å². The Morgan fingerprint density at radius 1 is 1.33 bits per heavy atom. The maximum absolute atomic E-state index is 12.6. The summed E-state index contributed by atoms with van der Waals surface area (Å²) in [5.74, 6) is 0.268. The SMILES string of the molecule is CCc1nc(-c2ccc(C)c(S(=O)(=O)NCC(=O)Nc3nccs3)c2)no1. The van der Waals surface area contributed by atoms with Gasteiger partial charge in [-0.1, -0.05) is 24.2 Å². The van der Waals surface area contributed by atoms with Crippen LogP contribution in [0, 0.1) is 6.92 Å². The number of carbonyl (C=O) groups excluding carboxylic acids is 1. The fourth-order valence-electron chi connectivity index (χ4n) is 2.23. The minimum absolute atomic E-state index is 0.0462. The number of anilines is 1. The highest BCUT2D eigenvalue weighted by Gasteiger charge is 2.20. The van der Waals surface area contributed by atoms with Crippen molar-refractivity contribution in [3.8, 4) is 11.4 Å². The van der Waals surface area contributed by atoms with Gasteiger partial charge in [0.2, 0.25) is 27.6 Å². The van der Waals surface area contributed by atoms with Gasteiger partial charge in [-0.25, -0.2) is 18.1 Å². The molecule has 0 atom stereocenters. The van der Waals surface area contributed by atoms with E-state index in [0.717, 1.165) is 0 Å². The van der Waals surface area contributed by atoms with Crippen LogP contribution in [0.1, 0.15) is 18.4 Å². The number of nitrogens with one attached hydrogen (secondary N) is 2. The predicted molar refractivity (Wildman–Crippen MR) is 99.8 cm³/mol. The van der Waals surface area contributed by atoms with Gasteiger partial charge in [0.15, 0.2) is 5.13 Å². The van der Waals surface area contributed by atoms with Crippen LogP contribution in [0.4, 0.5) is 5.13 Å². The zero-order valence-corrected chi connectivity index (χ0v) is 16.2. The van der Waals surface area contributed by atoms with Crippen molar-refractivity contribution < 1.29 is 17.7 Å². The van der Waals surface area contributed by atoms with Crippen LogP contribution in [0.15, 0.2) is 39.2 Å². The van der Waals surface area contributed by atoms with Crippen molar-refractivity contribution in [3.05, 3.63) is 41.2 Å². The molecule has 0 aliphatic heterocycles. The number of carbonyl (C=O) groups is 1. The van der Waals surface area contributed by atoms with Crippen molar-refractivity contribution in [2.24, 2.45) is 0 Å². The smallest absolute Gasteiger partial charge is 0.241 e. The third-order valence-electron chi connectivity index (χ3n) is 3.61. The summed E-state index contributed by atoms with van der Waals surface area (Å²) in [6.07, 6.45) is 2.13. The van der Waals surface area contributed by atoms with E-state index in [1.54, 1.807) is 30.6 Å². The average molecular weight is 407 g/mol. The number of aryl methyl sites for hydroxylation is 2. The van der Waals surface area contributed by atoms with Gasteiger partial charge in [0, 0.05) is 23.6 Å². The van der Waals surface area contributed by atoms with E-state index in [1.807, 2.05) is 6.92 Å². The maximum Gasteiger partial charge on any atom is 0.241 e. The van der Waals surface area contributed by atoms with Crippen LogP contribution in [0.3, 0.4) is 0 Å². The highest BCUT2D eigenvalue weighted by atomic mass is 32.2. The van der Waals surface area contributed by atoms with Crippen molar-refractivity contribution in [3.63, 3.8) is 0 Å². The number of aromatic nitrogens is 3. The van der Waals surface area contributed by atoms with E-state index in [4.69, 9.17) is 4.52 Å². The Hall–Kier alpha value is -2.63. The van der Waals surface area contributed by atoms with Crippen LogP contribution in [-0.4, -0.2) is 36.0 Å². The minimum Gasteiger partial charge on any atom is -0.339 e. The molecule has 0 saturated heterocycles. The second-order valence-corrected chi connectivity index (χ2v) is 8.19. The molecule has 0 aliphatic rings. The third kappa shape index (κ3) is 4.56. The molecule has 1 aromatic carbocycles. The van der Waals surface area contributed by atoms with E-state index in [1.165, 1.54) is 17.4 Å². The molecule has 2 N–H and O–H groups in total. The molecule has 142 valence electrons. The molecule has 0 aliphatic carbocycles. The molecule has 11 heteroatoms. The van der Waals surface area contributed by atoms with Crippen LogP contribution < -0.4 is 10.0 Å². The number of thiazole rings is 1. The number of nitrogens with zero attached hydrogens (tertiary/aromatic N) is 3. The molecule has 3 aromatic rings. The van der Waals surface area contributed by atoms with Gasteiger partial charge < -0.3 is 9.84 Å². The standard InChI is InChI=1S/C16H17N5O4S2/c1-3-14-20-15(21-25-14)11-5-4-10(2)12(8-11)27(23,24)18-9-13(22)19-16-17-6-7-26-16/h4-8,18H,3,9H2,1-2H3,(H,17,19,22). The largest absolute Gasteiger partial charge is 0.339 e. The van der Waals surface area contributed by atoms with Crippen LogP contribution in [0.2, 0.25) is 0 Å². The molecule has 2 heterocycles. The minimum atomic E-state index is -3.91. The third-order valence-corrected chi connectivity index (χ3v) is 5.84. The van der Waals surface area contributed by atoms with E-state index in [9.17, 15) is 13.2 Å². The van der Waals surface area contributed by atoms with E-state index < -0.39 is 22.5 Å². The van der Waals surface area contributed by atoms with Gasteiger partial charge in [0.1, 0.15) is 0 Å². The summed E-state index contributed by atoms with van der Waals surface area (Å²) in [5, 5.41) is 8.48. The van der Waals surface area contributed by atoms with Gasteiger partial charge in [-0.3, -0.25) is 4.79 Å². The van der Waals surface area contributed by atoms with Gasteiger partial charge in [-0.15, -0.1) is 11.3 Å². The number of benzene rings is 1. The molecule has 1 amide bonds. The zero-order chi connectivity index (χ0) is 19.4. The summed E-state index contributed by atoms with van der Waals surface area (Å²) < 4.78 is 32.6. The summed E-state index contributed by atoms with van der Waals surface area (Å²) >= 11 is 1.24. The summed E-state index contributed by atoms with van der Waals surface area (Å²) in [6, 6.07) is 4.83. The second kappa shape index (κ2) is 7.94. The Labute approximate surface area is 159 Å². The van der Waals surface area contributed by atoms with E-state index >= 15 is 0 Å². The lowest BCUT2D eigenvalue weighted by Gasteiger charge is -2.10. The number of hydrogen-bond donors (Lipinski definition) is 2. The number of sulfonamides is 1. The first-order valence-corrected chi connectivity index (χ1v) is 10.4. The van der Waals surface area contributed by atoms with E-state index in [-0.39, 0.29) is 4.90 Å². The molecule has 0 radical (unpaired) electrons. The van der Waals surface area contributed by atoms with E-state index in [0.29, 0.717) is 34.4 Å². The Morgan fingerprint density at radius 3 is 2.81 bits per heavy atom. The van der Waals surface area contributed by atoms with Crippen molar-refractivity contribution in [2.75, 3.05) is 11.9 Å². The highest BCUT2D eigenvalue weighted by Crippen LogP contribution is 2.23. The quantitative estimate of drug-likeness (QED) is 0.613. The van der Waals surface area contributed by atoms with Gasteiger partial charge >= 0.3 is 0 Å². The first kappa shape index (κ1) is 19.1. The maximum atomic E-state index is 12.6. The summed E-state index contributed by atoms with van der Waals surface area (Å²) in [7, 11) is -3.91. The molecule has 0 unspecified atom stereocenters. The first-order valence-electron chi connectivity index (χ1n) is 8.01. The Morgan fingerprint density at radius 2 is 2.15 bits per heavy atom. The van der Waals surface area contributed by atoms with Crippen molar-refractivity contribution in [1.29, 1.82) is 0 Å². The Kier molecular flexibility index (Phi) is 5.63. The Bertz CT molecular complexity index is 1040. The zero-order valence-electron chi connectivity index (χ0n) is 14.6. The number of hydrogen-bond acceptors (Lipinski definition) is 8. The number of amides is 1. The molecule has 2 aromatic heterocycles. The lowest BCUT2D eigenvalue weighted by Crippen LogP contribution is -2.33. The lowest BCUT2D eigenvalue weighted by molar-refractivity contribution is -0.115. The van der Waals surface area contributed by atoms with Gasteiger partial charge in [0.05, 0.1) is 11.4 Å². The lowest BCUT2D eigenvalue weighted by atomic mass is 10.1. The van der Waals surface area contributed by atoms with Crippen molar-refractivity contribution in [1.82, 2.24) is 19.8 Å². The molecule has 0 bridgehead atoms. The molecule has 9 nitrogen and oxygen atoms in total. The van der Waals surface area contributed by atoms with Crippen molar-refractivity contribution >= 4 is 32.4 Å². The fraction of sp³-hybridized carbons (Fsp3) is 0.250. The summed E-state index contributed by atoms with van der Waals surface area (Å²) in [6.45, 7) is 3.14. The molecule has 27 heavy (non-hydrogen) atoms. The second-order valence-electron chi connectivity index (χ2n) is 5.56. The van der Waals surface area contributed by atoms with Gasteiger partial charge in [-0.2, -0.15) is 4.98 Å². The fourth-order valence-corrected chi connectivity index (χ4v) is 4.03.